The van der Waals surface area contributed by atoms with Gasteiger partial charge in [0.05, 0.1) is 6.54 Å². The van der Waals surface area contributed by atoms with E-state index in [0.717, 1.165) is 32.4 Å². The molecule has 31 heavy (non-hydrogen) atoms. The van der Waals surface area contributed by atoms with Crippen LogP contribution >= 0.6 is 11.6 Å². The minimum atomic E-state index is 0.131. The molecule has 0 N–H and O–H groups in total. The minimum Gasteiger partial charge on any atom is -0.345 e. The molecule has 0 bridgehead atoms. The highest BCUT2D eigenvalue weighted by Gasteiger charge is 2.18. The van der Waals surface area contributed by atoms with Crippen LogP contribution < -0.4 is 4.90 Å². The number of fused-ring (bicyclic) bond motifs is 1. The van der Waals surface area contributed by atoms with E-state index in [9.17, 15) is 4.79 Å². The van der Waals surface area contributed by atoms with E-state index in [0.29, 0.717) is 17.1 Å². The molecule has 0 atom stereocenters. The van der Waals surface area contributed by atoms with Crippen LogP contribution in [0.2, 0.25) is 5.02 Å². The van der Waals surface area contributed by atoms with E-state index in [-0.39, 0.29) is 5.78 Å². The second-order valence-corrected chi connectivity index (χ2v) is 8.51. The van der Waals surface area contributed by atoms with Gasteiger partial charge in [0.15, 0.2) is 5.78 Å². The van der Waals surface area contributed by atoms with Gasteiger partial charge in [-0.2, -0.15) is 0 Å². The van der Waals surface area contributed by atoms with Crippen molar-refractivity contribution < 1.29 is 4.79 Å². The number of benzene rings is 2. The van der Waals surface area contributed by atoms with E-state index < -0.39 is 0 Å². The standard InChI is InChI=1S/C24H29ClN2O.C3H6/c1-18-9-10-20-7-4-5-8-23(20)27(19(18)2)16-6-15-26(3)17-24(28)21-11-13-22(25)14-12-21;1-3-2/h4-5,7-8,11-14H,6,9-10,15-17H2,1-3H3;3H,1H2,2H3. The average Bonchev–Trinajstić information content (AvgIpc) is 2.87. The van der Waals surface area contributed by atoms with Crippen molar-refractivity contribution in [1.82, 2.24) is 4.90 Å². The van der Waals surface area contributed by atoms with Crippen molar-refractivity contribution in [1.29, 1.82) is 0 Å². The lowest BCUT2D eigenvalue weighted by Crippen LogP contribution is -2.30. The molecule has 3 rings (SSSR count). The summed E-state index contributed by atoms with van der Waals surface area (Å²) in [6.07, 6.45) is 4.98. The molecule has 1 aliphatic rings. The van der Waals surface area contributed by atoms with Crippen molar-refractivity contribution in [3.05, 3.63) is 88.6 Å². The molecular weight excluding hydrogens is 404 g/mol. The lowest BCUT2D eigenvalue weighted by molar-refractivity contribution is 0.0946. The molecule has 0 aromatic heterocycles. The summed E-state index contributed by atoms with van der Waals surface area (Å²) in [6, 6.07) is 15.8. The third kappa shape index (κ3) is 7.37. The highest BCUT2D eigenvalue weighted by Crippen LogP contribution is 2.31. The third-order valence-electron chi connectivity index (χ3n) is 5.58. The molecule has 3 nitrogen and oxygen atoms in total. The Hall–Kier alpha value is -2.36. The number of carbonyl (C=O) groups excluding carboxylic acids is 1. The van der Waals surface area contributed by atoms with Gasteiger partial charge in [0.25, 0.3) is 0 Å². The Morgan fingerprint density at radius 3 is 2.45 bits per heavy atom. The molecule has 0 spiro atoms. The summed E-state index contributed by atoms with van der Waals surface area (Å²) >= 11 is 5.90. The van der Waals surface area contributed by atoms with Gasteiger partial charge in [-0.1, -0.05) is 41.4 Å². The summed E-state index contributed by atoms with van der Waals surface area (Å²) in [7, 11) is 2.01. The van der Waals surface area contributed by atoms with Crippen LogP contribution in [0.25, 0.3) is 0 Å². The van der Waals surface area contributed by atoms with Crippen molar-refractivity contribution >= 4 is 23.1 Å². The number of para-hydroxylation sites is 1. The molecule has 2 aromatic rings. The Morgan fingerprint density at radius 2 is 1.77 bits per heavy atom. The van der Waals surface area contributed by atoms with Crippen molar-refractivity contribution in [3.63, 3.8) is 0 Å². The maximum atomic E-state index is 12.4. The number of anilines is 1. The zero-order valence-electron chi connectivity index (χ0n) is 19.3. The Bertz CT molecular complexity index is 902. The van der Waals surface area contributed by atoms with Crippen LogP contribution in [0.3, 0.4) is 0 Å². The lowest BCUT2D eigenvalue weighted by atomic mass is 10.1. The number of rotatable bonds is 7. The SMILES string of the molecule is C=CC.CC1=C(C)N(CCCN(C)CC(=O)c2ccc(Cl)cc2)c2ccccc2CC1. The first kappa shape index (κ1) is 24.9. The van der Waals surface area contributed by atoms with Crippen molar-refractivity contribution in [2.75, 3.05) is 31.6 Å². The number of nitrogens with zero attached hydrogens (tertiary/aromatic N) is 2. The maximum absolute atomic E-state index is 12.4. The predicted octanol–water partition coefficient (Wildman–Crippen LogP) is 6.78. The van der Waals surface area contributed by atoms with E-state index >= 15 is 0 Å². The van der Waals surface area contributed by atoms with E-state index in [1.54, 1.807) is 30.3 Å². The minimum absolute atomic E-state index is 0.131. The number of allylic oxidation sites excluding steroid dienone is 3. The summed E-state index contributed by atoms with van der Waals surface area (Å²) in [5, 5.41) is 0.654. The molecule has 166 valence electrons. The van der Waals surface area contributed by atoms with Crippen LogP contribution in [0.4, 0.5) is 5.69 Å². The molecule has 0 radical (unpaired) electrons. The Kier molecular flexibility index (Phi) is 10.0. The number of likely N-dealkylation sites (N-methyl/N-ethyl adjacent to an activating group) is 1. The average molecular weight is 439 g/mol. The second-order valence-electron chi connectivity index (χ2n) is 8.08. The molecule has 0 amide bonds. The van der Waals surface area contributed by atoms with Gasteiger partial charge in [0.1, 0.15) is 0 Å². The first-order chi connectivity index (χ1) is 14.9. The molecule has 4 heteroatoms. The highest BCUT2D eigenvalue weighted by molar-refractivity contribution is 6.30. The highest BCUT2D eigenvalue weighted by atomic mass is 35.5. The van der Waals surface area contributed by atoms with Gasteiger partial charge in [-0.25, -0.2) is 0 Å². The van der Waals surface area contributed by atoms with Gasteiger partial charge in [0.2, 0.25) is 0 Å². The fourth-order valence-corrected chi connectivity index (χ4v) is 3.86. The Labute approximate surface area is 193 Å². The monoisotopic (exact) mass is 438 g/mol. The van der Waals surface area contributed by atoms with E-state index in [2.05, 4.69) is 54.5 Å². The van der Waals surface area contributed by atoms with Gasteiger partial charge < -0.3 is 4.90 Å². The molecular formula is C27H35ClN2O. The first-order valence-electron chi connectivity index (χ1n) is 10.9. The number of ketones is 1. The lowest BCUT2D eigenvalue weighted by Gasteiger charge is -2.28. The van der Waals surface area contributed by atoms with Gasteiger partial charge in [-0.3, -0.25) is 9.69 Å². The van der Waals surface area contributed by atoms with Crippen LogP contribution in [0.15, 0.2) is 72.5 Å². The summed E-state index contributed by atoms with van der Waals surface area (Å²) in [5.74, 6) is 0.131. The normalized spacial score (nSPS) is 13.3. The molecule has 0 fully saturated rings. The largest absolute Gasteiger partial charge is 0.345 e. The fourth-order valence-electron chi connectivity index (χ4n) is 3.74. The van der Waals surface area contributed by atoms with Crippen molar-refractivity contribution in [3.8, 4) is 0 Å². The number of halogens is 1. The predicted molar refractivity (Wildman–Crippen MR) is 134 cm³/mol. The molecule has 0 saturated carbocycles. The number of hydrogen-bond acceptors (Lipinski definition) is 3. The second kappa shape index (κ2) is 12.5. The number of aryl methyl sites for hydroxylation is 1. The van der Waals surface area contributed by atoms with Gasteiger partial charge in [-0.05, 0) is 83.0 Å². The fraction of sp³-hybridized carbons (Fsp3) is 0.370. The molecule has 0 unspecified atom stereocenters. The summed E-state index contributed by atoms with van der Waals surface area (Å²) in [6.45, 7) is 12.0. The number of hydrogen-bond donors (Lipinski definition) is 0. The molecule has 0 aliphatic carbocycles. The summed E-state index contributed by atoms with van der Waals surface area (Å²) < 4.78 is 0. The Morgan fingerprint density at radius 1 is 1.13 bits per heavy atom. The Balaban J connectivity index is 0.00000107. The summed E-state index contributed by atoms with van der Waals surface area (Å²) in [4.78, 5) is 17.0. The van der Waals surface area contributed by atoms with Gasteiger partial charge in [-0.15, -0.1) is 6.58 Å². The zero-order chi connectivity index (χ0) is 22.8. The molecule has 1 aliphatic heterocycles. The van der Waals surface area contributed by atoms with Crippen LogP contribution in [0, 0.1) is 0 Å². The molecule has 2 aromatic carbocycles. The maximum Gasteiger partial charge on any atom is 0.176 e. The van der Waals surface area contributed by atoms with Crippen LogP contribution in [-0.2, 0) is 6.42 Å². The van der Waals surface area contributed by atoms with Crippen LogP contribution in [-0.4, -0.2) is 37.4 Å². The zero-order valence-corrected chi connectivity index (χ0v) is 20.1. The van der Waals surface area contributed by atoms with E-state index in [1.807, 2.05) is 14.0 Å². The van der Waals surface area contributed by atoms with Crippen LogP contribution in [0.5, 0.6) is 0 Å². The van der Waals surface area contributed by atoms with Gasteiger partial charge >= 0.3 is 0 Å². The quantitative estimate of drug-likeness (QED) is 0.351. The topological polar surface area (TPSA) is 23.6 Å². The van der Waals surface area contributed by atoms with Crippen molar-refractivity contribution in [2.45, 2.75) is 40.0 Å². The third-order valence-corrected chi connectivity index (χ3v) is 5.83. The van der Waals surface area contributed by atoms with E-state index in [4.69, 9.17) is 11.6 Å². The summed E-state index contributed by atoms with van der Waals surface area (Å²) in [5.41, 5.74) is 6.29. The van der Waals surface area contributed by atoms with Crippen molar-refractivity contribution in [2.24, 2.45) is 0 Å². The van der Waals surface area contributed by atoms with Crippen LogP contribution in [0.1, 0.15) is 49.5 Å². The number of Topliss-reactive ketones (excluding diaryl/α,β-unsaturated/α-hetero) is 1. The van der Waals surface area contributed by atoms with Gasteiger partial charge in [0, 0.05) is 35.1 Å². The number of carbonyl (C=O) groups is 1. The molecule has 0 saturated heterocycles. The first-order valence-corrected chi connectivity index (χ1v) is 11.3. The molecule has 1 heterocycles. The van der Waals surface area contributed by atoms with E-state index in [1.165, 1.54) is 22.5 Å². The smallest absolute Gasteiger partial charge is 0.176 e.